The normalized spacial score (nSPS) is 8.90. The van der Waals surface area contributed by atoms with Crippen LogP contribution < -0.4 is 0 Å². The first-order valence-electron chi connectivity index (χ1n) is 2.75. The SMILES string of the molecule is Cc1ccc(N=S=O)nc1. The summed E-state index contributed by atoms with van der Waals surface area (Å²) in [5, 5.41) is 0. The van der Waals surface area contributed by atoms with E-state index in [9.17, 15) is 4.21 Å². The van der Waals surface area contributed by atoms with Gasteiger partial charge in [0, 0.05) is 6.20 Å². The molecule has 1 aromatic rings. The molecule has 0 unspecified atom stereocenters. The van der Waals surface area contributed by atoms with Crippen molar-refractivity contribution in [1.29, 1.82) is 0 Å². The molecule has 10 heavy (non-hydrogen) atoms. The van der Waals surface area contributed by atoms with Crippen molar-refractivity contribution >= 4 is 17.3 Å². The van der Waals surface area contributed by atoms with Crippen molar-refractivity contribution in [3.8, 4) is 0 Å². The van der Waals surface area contributed by atoms with Gasteiger partial charge in [0.15, 0.2) is 5.82 Å². The summed E-state index contributed by atoms with van der Waals surface area (Å²) in [6.45, 7) is 1.93. The molecule has 0 spiro atoms. The molecule has 1 aromatic heterocycles. The lowest BCUT2D eigenvalue weighted by atomic mass is 10.3. The molecular weight excluding hydrogens is 148 g/mol. The van der Waals surface area contributed by atoms with Crippen molar-refractivity contribution in [3.63, 3.8) is 0 Å². The molecule has 52 valence electrons. The summed E-state index contributed by atoms with van der Waals surface area (Å²) in [6, 6.07) is 3.57. The van der Waals surface area contributed by atoms with Gasteiger partial charge in [-0.2, -0.15) is 4.21 Å². The number of nitrogens with zero attached hydrogens (tertiary/aromatic N) is 2. The fourth-order valence-electron chi connectivity index (χ4n) is 0.552. The van der Waals surface area contributed by atoms with E-state index in [0.717, 1.165) is 5.56 Å². The van der Waals surface area contributed by atoms with E-state index < -0.39 is 0 Å². The molecule has 0 bridgehead atoms. The van der Waals surface area contributed by atoms with Gasteiger partial charge in [-0.25, -0.2) is 4.98 Å². The fourth-order valence-corrected chi connectivity index (χ4v) is 0.737. The summed E-state index contributed by atoms with van der Waals surface area (Å²) in [5.41, 5.74) is 1.06. The first-order chi connectivity index (χ1) is 4.83. The highest BCUT2D eigenvalue weighted by atomic mass is 32.1. The smallest absolute Gasteiger partial charge is 0.206 e. The second-order valence-corrected chi connectivity index (χ2v) is 2.19. The third-order valence-corrected chi connectivity index (χ3v) is 1.29. The number of pyridine rings is 1. The van der Waals surface area contributed by atoms with E-state index >= 15 is 0 Å². The number of hydrogen-bond donors (Lipinski definition) is 0. The molecule has 0 saturated carbocycles. The van der Waals surface area contributed by atoms with E-state index in [1.807, 2.05) is 13.0 Å². The molecule has 1 heterocycles. The molecule has 0 aliphatic rings. The number of rotatable bonds is 1. The first kappa shape index (κ1) is 7.08. The molecule has 0 saturated heterocycles. The summed E-state index contributed by atoms with van der Waals surface area (Å²) < 4.78 is 13.4. The summed E-state index contributed by atoms with van der Waals surface area (Å²) >= 11 is 0.173. The average Bonchev–Trinajstić information content (AvgIpc) is 1.95. The predicted octanol–water partition coefficient (Wildman–Crippen LogP) is 1.42. The maximum atomic E-state index is 9.89. The molecule has 0 radical (unpaired) electrons. The third-order valence-electron chi connectivity index (χ3n) is 1.03. The topological polar surface area (TPSA) is 42.3 Å². The lowest BCUT2D eigenvalue weighted by Gasteiger charge is -1.88. The standard InChI is InChI=1S/C6H6N2OS/c1-5-2-3-6(7-4-5)8-10-9/h2-4H,1H3. The quantitative estimate of drug-likeness (QED) is 0.613. The van der Waals surface area contributed by atoms with Crippen LogP contribution >= 0.6 is 0 Å². The van der Waals surface area contributed by atoms with Crippen LogP contribution in [-0.4, -0.2) is 9.19 Å². The highest BCUT2D eigenvalue weighted by Crippen LogP contribution is 2.05. The number of aryl methyl sites for hydroxylation is 1. The maximum Gasteiger partial charge on any atom is 0.206 e. The van der Waals surface area contributed by atoms with Gasteiger partial charge in [0.2, 0.25) is 11.5 Å². The molecule has 0 fully saturated rings. The lowest BCUT2D eigenvalue weighted by molar-refractivity contribution is 0.698. The van der Waals surface area contributed by atoms with Gasteiger partial charge in [0.05, 0.1) is 0 Å². The Kier molecular flexibility index (Phi) is 2.28. The molecule has 3 nitrogen and oxygen atoms in total. The van der Waals surface area contributed by atoms with Crippen molar-refractivity contribution in [2.45, 2.75) is 6.92 Å². The van der Waals surface area contributed by atoms with Gasteiger partial charge >= 0.3 is 0 Å². The van der Waals surface area contributed by atoms with Crippen LogP contribution in [0.4, 0.5) is 5.82 Å². The molecule has 0 aromatic carbocycles. The first-order valence-corrected chi connectivity index (χ1v) is 3.45. The summed E-state index contributed by atoms with van der Waals surface area (Å²) in [5.74, 6) is 0.477. The minimum absolute atomic E-state index is 0.173. The Hall–Kier alpha value is -1.03. The van der Waals surface area contributed by atoms with E-state index in [1.165, 1.54) is 0 Å². The van der Waals surface area contributed by atoms with Crippen molar-refractivity contribution in [1.82, 2.24) is 4.98 Å². The summed E-state index contributed by atoms with van der Waals surface area (Å²) in [7, 11) is 0. The molecule has 0 aliphatic heterocycles. The lowest BCUT2D eigenvalue weighted by Crippen LogP contribution is -1.74. The second kappa shape index (κ2) is 3.22. The zero-order valence-corrected chi connectivity index (χ0v) is 6.26. The van der Waals surface area contributed by atoms with Crippen molar-refractivity contribution in [2.75, 3.05) is 0 Å². The Morgan fingerprint density at radius 3 is 2.90 bits per heavy atom. The van der Waals surface area contributed by atoms with Gasteiger partial charge in [0.25, 0.3) is 0 Å². The van der Waals surface area contributed by atoms with Crippen LogP contribution in [0.2, 0.25) is 0 Å². The Morgan fingerprint density at radius 1 is 1.60 bits per heavy atom. The van der Waals surface area contributed by atoms with Crippen LogP contribution in [0.1, 0.15) is 5.56 Å². The molecule has 0 aliphatic carbocycles. The van der Waals surface area contributed by atoms with E-state index in [-0.39, 0.29) is 11.5 Å². The van der Waals surface area contributed by atoms with Crippen molar-refractivity contribution in [2.24, 2.45) is 4.36 Å². The van der Waals surface area contributed by atoms with Crippen LogP contribution in [-0.2, 0) is 11.5 Å². The fraction of sp³-hybridized carbons (Fsp3) is 0.167. The minimum atomic E-state index is 0.173. The van der Waals surface area contributed by atoms with E-state index in [2.05, 4.69) is 9.35 Å². The van der Waals surface area contributed by atoms with Gasteiger partial charge in [0.1, 0.15) is 0 Å². The van der Waals surface area contributed by atoms with Gasteiger partial charge < -0.3 is 0 Å². The third kappa shape index (κ3) is 1.73. The van der Waals surface area contributed by atoms with Crippen molar-refractivity contribution < 1.29 is 4.21 Å². The van der Waals surface area contributed by atoms with Crippen LogP contribution in [0.5, 0.6) is 0 Å². The van der Waals surface area contributed by atoms with Crippen LogP contribution in [0.25, 0.3) is 0 Å². The van der Waals surface area contributed by atoms with Crippen LogP contribution in [0.3, 0.4) is 0 Å². The largest absolute Gasteiger partial charge is 0.236 e. The monoisotopic (exact) mass is 154 g/mol. The van der Waals surface area contributed by atoms with Crippen LogP contribution in [0.15, 0.2) is 22.7 Å². The zero-order valence-electron chi connectivity index (χ0n) is 5.44. The molecule has 1 rings (SSSR count). The van der Waals surface area contributed by atoms with Gasteiger partial charge in [-0.3, -0.25) is 0 Å². The minimum Gasteiger partial charge on any atom is -0.236 e. The van der Waals surface area contributed by atoms with Crippen molar-refractivity contribution in [3.05, 3.63) is 23.9 Å². The Balaban J connectivity index is 3.00. The zero-order chi connectivity index (χ0) is 7.40. The van der Waals surface area contributed by atoms with E-state index in [1.54, 1.807) is 12.3 Å². The molecular formula is C6H6N2OS. The molecule has 0 N–H and O–H groups in total. The molecule has 0 amide bonds. The van der Waals surface area contributed by atoms with Crippen LogP contribution in [0, 0.1) is 6.92 Å². The maximum absolute atomic E-state index is 9.89. The Morgan fingerprint density at radius 2 is 2.40 bits per heavy atom. The number of hydrogen-bond acceptors (Lipinski definition) is 3. The summed E-state index contributed by atoms with van der Waals surface area (Å²) in [4.78, 5) is 3.88. The Bertz CT molecular complexity index is 264. The molecule has 0 atom stereocenters. The predicted molar refractivity (Wildman–Crippen MR) is 39.2 cm³/mol. The Labute approximate surface area is 62.4 Å². The van der Waals surface area contributed by atoms with Gasteiger partial charge in [-0.1, -0.05) is 6.07 Å². The van der Waals surface area contributed by atoms with E-state index in [4.69, 9.17) is 0 Å². The highest BCUT2D eigenvalue weighted by Gasteiger charge is 1.86. The van der Waals surface area contributed by atoms with Gasteiger partial charge in [-0.05, 0) is 18.6 Å². The highest BCUT2D eigenvalue weighted by molar-refractivity contribution is 7.54. The summed E-state index contributed by atoms with van der Waals surface area (Å²) in [6.07, 6.45) is 1.68. The average molecular weight is 154 g/mol. The molecule has 4 heteroatoms. The second-order valence-electron chi connectivity index (χ2n) is 1.86. The van der Waals surface area contributed by atoms with Gasteiger partial charge in [-0.15, -0.1) is 4.36 Å². The van der Waals surface area contributed by atoms with E-state index in [0.29, 0.717) is 5.82 Å². The number of aromatic nitrogens is 1.